The van der Waals surface area contributed by atoms with Crippen molar-refractivity contribution in [3.8, 4) is 28.3 Å². The highest BCUT2D eigenvalue weighted by Gasteiger charge is 2.34. The molecule has 0 aliphatic carbocycles. The molecule has 1 aromatic carbocycles. The number of nitrogens with zero attached hydrogens (tertiary/aromatic N) is 4. The van der Waals surface area contributed by atoms with Crippen LogP contribution in [-0.4, -0.2) is 32.3 Å². The van der Waals surface area contributed by atoms with Gasteiger partial charge in [0, 0.05) is 28.9 Å². The Bertz CT molecular complexity index is 1260. The molecule has 1 N–H and O–H groups in total. The molecule has 3 heterocycles. The first kappa shape index (κ1) is 23.6. The Morgan fingerprint density at radius 2 is 1.62 bits per heavy atom. The third-order valence-corrected chi connectivity index (χ3v) is 6.42. The van der Waals surface area contributed by atoms with Crippen molar-refractivity contribution in [1.82, 2.24) is 20.1 Å². The molecule has 3 aromatic heterocycles. The van der Waals surface area contributed by atoms with E-state index in [1.807, 2.05) is 24.4 Å². The number of ether oxygens (including phenoxy) is 1. The summed E-state index contributed by atoms with van der Waals surface area (Å²) in [7, 11) is 1.64. The molecule has 0 spiro atoms. The highest BCUT2D eigenvalue weighted by atomic mass is 16.5. The molecule has 1 unspecified atom stereocenters. The van der Waals surface area contributed by atoms with Gasteiger partial charge in [0.1, 0.15) is 11.4 Å². The first-order valence-corrected chi connectivity index (χ1v) is 11.3. The van der Waals surface area contributed by atoms with E-state index in [2.05, 4.69) is 60.2 Å². The van der Waals surface area contributed by atoms with Crippen LogP contribution in [0.5, 0.6) is 5.75 Å². The van der Waals surface area contributed by atoms with Gasteiger partial charge >= 0.3 is 0 Å². The lowest BCUT2D eigenvalue weighted by molar-refractivity contribution is 0.0420. The monoisotopic (exact) mass is 458 g/mol. The molecule has 0 fully saturated rings. The van der Waals surface area contributed by atoms with Gasteiger partial charge in [-0.25, -0.2) is 0 Å². The molecule has 0 saturated carbocycles. The highest BCUT2D eigenvalue weighted by molar-refractivity contribution is 5.64. The summed E-state index contributed by atoms with van der Waals surface area (Å²) in [5.74, 6) is 1.60. The van der Waals surface area contributed by atoms with Gasteiger partial charge in [-0.1, -0.05) is 43.3 Å². The van der Waals surface area contributed by atoms with E-state index in [0.717, 1.165) is 28.1 Å². The van der Waals surface area contributed by atoms with Crippen molar-refractivity contribution in [2.24, 2.45) is 5.92 Å². The van der Waals surface area contributed by atoms with Crippen molar-refractivity contribution in [3.05, 3.63) is 78.2 Å². The Balaban J connectivity index is 1.65. The first-order valence-electron chi connectivity index (χ1n) is 11.3. The lowest BCUT2D eigenvalue weighted by Crippen LogP contribution is -2.31. The Hall–Kier alpha value is -3.58. The third-order valence-electron chi connectivity index (χ3n) is 6.42. The number of hydrogen-bond donors (Lipinski definition) is 1. The molecule has 176 valence electrons. The minimum absolute atomic E-state index is 0.171. The SMILES string of the molecule is COc1cncc(-c2ccc(C(C)(c3ccc(-c4noc(C(C)(C)O)n4)cn3)C(C)C)cc2)c1. The molecule has 4 rings (SSSR count). The highest BCUT2D eigenvalue weighted by Crippen LogP contribution is 2.39. The molecule has 7 heteroatoms. The second kappa shape index (κ2) is 8.99. The maximum Gasteiger partial charge on any atom is 0.258 e. The summed E-state index contributed by atoms with van der Waals surface area (Å²) in [6.07, 6.45) is 5.29. The second-order valence-corrected chi connectivity index (χ2v) is 9.46. The quantitative estimate of drug-likeness (QED) is 0.397. The van der Waals surface area contributed by atoms with Gasteiger partial charge < -0.3 is 14.4 Å². The van der Waals surface area contributed by atoms with Crippen LogP contribution in [0, 0.1) is 5.92 Å². The van der Waals surface area contributed by atoms with E-state index in [0.29, 0.717) is 11.7 Å². The summed E-state index contributed by atoms with van der Waals surface area (Å²) >= 11 is 0. The van der Waals surface area contributed by atoms with E-state index < -0.39 is 5.60 Å². The van der Waals surface area contributed by atoms with Crippen molar-refractivity contribution in [1.29, 1.82) is 0 Å². The predicted molar refractivity (Wildman–Crippen MR) is 130 cm³/mol. The van der Waals surface area contributed by atoms with Gasteiger partial charge in [-0.15, -0.1) is 0 Å². The van der Waals surface area contributed by atoms with Crippen molar-refractivity contribution in [2.45, 2.75) is 45.6 Å². The molecule has 0 saturated heterocycles. The Kier molecular flexibility index (Phi) is 6.23. The van der Waals surface area contributed by atoms with Crippen LogP contribution in [0.25, 0.3) is 22.5 Å². The molecule has 0 bridgehead atoms. The topological polar surface area (TPSA) is 94.2 Å². The van der Waals surface area contributed by atoms with Gasteiger partial charge in [-0.3, -0.25) is 9.97 Å². The first-order chi connectivity index (χ1) is 16.1. The van der Waals surface area contributed by atoms with Crippen LogP contribution in [0.15, 0.2) is 65.6 Å². The number of hydrogen-bond acceptors (Lipinski definition) is 7. The van der Waals surface area contributed by atoms with Crippen molar-refractivity contribution < 1.29 is 14.4 Å². The summed E-state index contributed by atoms with van der Waals surface area (Å²) in [6.45, 7) is 9.82. The minimum atomic E-state index is -1.19. The molecule has 0 amide bonds. The Morgan fingerprint density at radius 3 is 2.18 bits per heavy atom. The summed E-state index contributed by atoms with van der Waals surface area (Å²) in [5, 5.41) is 14.1. The number of aromatic nitrogens is 4. The van der Waals surface area contributed by atoms with Gasteiger partial charge in [0.05, 0.1) is 19.0 Å². The fraction of sp³-hybridized carbons (Fsp3) is 0.333. The van der Waals surface area contributed by atoms with Crippen molar-refractivity contribution in [2.75, 3.05) is 7.11 Å². The van der Waals surface area contributed by atoms with Crippen LogP contribution in [-0.2, 0) is 11.0 Å². The zero-order valence-corrected chi connectivity index (χ0v) is 20.4. The van der Waals surface area contributed by atoms with Crippen LogP contribution in [0.2, 0.25) is 0 Å². The zero-order valence-electron chi connectivity index (χ0n) is 20.4. The Labute approximate surface area is 199 Å². The normalized spacial score (nSPS) is 13.6. The fourth-order valence-electron chi connectivity index (χ4n) is 3.90. The molecule has 0 aliphatic heterocycles. The molecule has 7 nitrogen and oxygen atoms in total. The van der Waals surface area contributed by atoms with Crippen LogP contribution in [0.3, 0.4) is 0 Å². The van der Waals surface area contributed by atoms with Crippen LogP contribution >= 0.6 is 0 Å². The summed E-state index contributed by atoms with van der Waals surface area (Å²) in [5.41, 5.74) is 3.44. The minimum Gasteiger partial charge on any atom is -0.495 e. The lowest BCUT2D eigenvalue weighted by Gasteiger charge is -2.34. The number of aliphatic hydroxyl groups is 1. The largest absolute Gasteiger partial charge is 0.495 e. The number of benzene rings is 1. The lowest BCUT2D eigenvalue weighted by atomic mass is 9.70. The number of rotatable bonds is 7. The van der Waals surface area contributed by atoms with Gasteiger partial charge in [0.2, 0.25) is 5.82 Å². The Morgan fingerprint density at radius 1 is 0.912 bits per heavy atom. The van der Waals surface area contributed by atoms with Gasteiger partial charge in [-0.2, -0.15) is 4.98 Å². The van der Waals surface area contributed by atoms with E-state index in [9.17, 15) is 5.11 Å². The molecular formula is C27H30N4O3. The maximum absolute atomic E-state index is 10.1. The average molecular weight is 459 g/mol. The standard InChI is InChI=1S/C27H30N4O3/c1-17(2)27(5,21-10-7-18(8-11-21)20-13-22(33-6)16-28-14-20)23-12-9-19(15-29-23)24-30-25(34-31-24)26(3,4)32/h7-17,32H,1-6H3. The number of pyridine rings is 2. The maximum atomic E-state index is 10.1. The number of methoxy groups -OCH3 is 1. The summed E-state index contributed by atoms with van der Waals surface area (Å²) < 4.78 is 10.5. The van der Waals surface area contributed by atoms with Crippen LogP contribution in [0.1, 0.15) is 51.8 Å². The second-order valence-electron chi connectivity index (χ2n) is 9.46. The molecule has 34 heavy (non-hydrogen) atoms. The predicted octanol–water partition coefficient (Wildman–Crippen LogP) is 5.39. The van der Waals surface area contributed by atoms with Gasteiger partial charge in [0.25, 0.3) is 5.89 Å². The summed E-state index contributed by atoms with van der Waals surface area (Å²) in [4.78, 5) is 13.4. The van der Waals surface area contributed by atoms with Gasteiger partial charge in [0.15, 0.2) is 0 Å². The van der Waals surface area contributed by atoms with E-state index in [-0.39, 0.29) is 11.3 Å². The van der Waals surface area contributed by atoms with E-state index in [4.69, 9.17) is 14.2 Å². The third kappa shape index (κ3) is 4.43. The zero-order chi connectivity index (χ0) is 24.5. The van der Waals surface area contributed by atoms with Crippen LogP contribution < -0.4 is 4.74 Å². The summed E-state index contributed by atoms with van der Waals surface area (Å²) in [6, 6.07) is 14.5. The smallest absolute Gasteiger partial charge is 0.258 e. The molecular weight excluding hydrogens is 428 g/mol. The van der Waals surface area contributed by atoms with Crippen LogP contribution in [0.4, 0.5) is 0 Å². The molecule has 0 aliphatic rings. The fourth-order valence-corrected chi connectivity index (χ4v) is 3.90. The molecule has 1 atom stereocenters. The van der Waals surface area contributed by atoms with E-state index in [1.165, 1.54) is 5.56 Å². The molecule has 0 radical (unpaired) electrons. The molecule has 4 aromatic rings. The van der Waals surface area contributed by atoms with E-state index >= 15 is 0 Å². The van der Waals surface area contributed by atoms with Crippen molar-refractivity contribution >= 4 is 0 Å². The van der Waals surface area contributed by atoms with Gasteiger partial charge in [-0.05, 0) is 56.0 Å². The van der Waals surface area contributed by atoms with Crippen molar-refractivity contribution in [3.63, 3.8) is 0 Å². The van der Waals surface area contributed by atoms with E-state index in [1.54, 1.807) is 33.4 Å². The average Bonchev–Trinajstić information content (AvgIpc) is 3.35.